The van der Waals surface area contributed by atoms with Gasteiger partial charge in [0.25, 0.3) is 0 Å². The van der Waals surface area contributed by atoms with Gasteiger partial charge in [-0.05, 0) is 62.0 Å². The Labute approximate surface area is 191 Å². The Morgan fingerprint density at radius 2 is 0.818 bits per heavy atom. The van der Waals surface area contributed by atoms with Crippen molar-refractivity contribution in [1.82, 2.24) is 0 Å². The summed E-state index contributed by atoms with van der Waals surface area (Å²) in [6, 6.07) is 43.1. The number of para-hydroxylation sites is 1. The first-order chi connectivity index (χ1) is 16.4. The molecule has 0 amide bonds. The highest BCUT2D eigenvalue weighted by molar-refractivity contribution is 6.22. The Bertz CT molecular complexity index is 1750. The van der Waals surface area contributed by atoms with Crippen LogP contribution >= 0.6 is 0 Å². The first-order valence-electron chi connectivity index (χ1n) is 11.3. The van der Waals surface area contributed by atoms with Gasteiger partial charge in [0, 0.05) is 10.8 Å². The Morgan fingerprint density at radius 3 is 1.45 bits per heavy atom. The van der Waals surface area contributed by atoms with Gasteiger partial charge in [-0.2, -0.15) is 0 Å². The highest BCUT2D eigenvalue weighted by Crippen LogP contribution is 2.44. The van der Waals surface area contributed by atoms with E-state index in [1.54, 1.807) is 0 Å². The third kappa shape index (κ3) is 2.73. The second-order valence-electron chi connectivity index (χ2n) is 8.52. The zero-order valence-corrected chi connectivity index (χ0v) is 18.0. The van der Waals surface area contributed by atoms with Gasteiger partial charge in [0.15, 0.2) is 0 Å². The topological polar surface area (TPSA) is 13.1 Å². The minimum atomic E-state index is 0.925. The van der Waals surface area contributed by atoms with Crippen LogP contribution in [0.5, 0.6) is 0 Å². The Hall–Kier alpha value is -4.36. The molecule has 7 rings (SSSR count). The number of hydrogen-bond acceptors (Lipinski definition) is 1. The lowest BCUT2D eigenvalue weighted by Gasteiger charge is -2.17. The van der Waals surface area contributed by atoms with E-state index in [2.05, 4.69) is 109 Å². The van der Waals surface area contributed by atoms with Crippen LogP contribution in [0.1, 0.15) is 0 Å². The quantitative estimate of drug-likeness (QED) is 0.254. The third-order valence-electron chi connectivity index (χ3n) is 6.66. The summed E-state index contributed by atoms with van der Waals surface area (Å²) in [5.41, 5.74) is 6.81. The van der Waals surface area contributed by atoms with E-state index < -0.39 is 0 Å². The minimum absolute atomic E-state index is 0.925. The maximum atomic E-state index is 6.23. The minimum Gasteiger partial charge on any atom is -0.456 e. The van der Waals surface area contributed by atoms with Crippen molar-refractivity contribution in [3.8, 4) is 22.3 Å². The second kappa shape index (κ2) is 7.08. The summed E-state index contributed by atoms with van der Waals surface area (Å²) in [5.74, 6) is 0. The van der Waals surface area contributed by atoms with Crippen molar-refractivity contribution in [2.24, 2.45) is 0 Å². The molecule has 1 aromatic heterocycles. The molecule has 0 aliphatic carbocycles. The predicted octanol–water partition coefficient (Wildman–Crippen LogP) is 9.23. The molecule has 0 aliphatic rings. The Kier molecular flexibility index (Phi) is 3.91. The number of rotatable bonds is 2. The van der Waals surface area contributed by atoms with E-state index in [0.717, 1.165) is 21.9 Å². The number of benzene rings is 6. The number of hydrogen-bond donors (Lipinski definition) is 0. The molecule has 6 aromatic carbocycles. The molecule has 0 N–H and O–H groups in total. The first-order valence-corrected chi connectivity index (χ1v) is 11.3. The van der Waals surface area contributed by atoms with Gasteiger partial charge in [0.05, 0.1) is 0 Å². The van der Waals surface area contributed by atoms with Crippen molar-refractivity contribution in [2.45, 2.75) is 0 Å². The summed E-state index contributed by atoms with van der Waals surface area (Å²) in [6.45, 7) is 0. The van der Waals surface area contributed by atoms with Gasteiger partial charge in [0.1, 0.15) is 11.2 Å². The van der Waals surface area contributed by atoms with Crippen LogP contribution < -0.4 is 0 Å². The molecule has 0 unspecified atom stereocenters. The van der Waals surface area contributed by atoms with E-state index >= 15 is 0 Å². The largest absolute Gasteiger partial charge is 0.456 e. The van der Waals surface area contributed by atoms with Gasteiger partial charge in [-0.15, -0.1) is 0 Å². The van der Waals surface area contributed by atoms with Gasteiger partial charge >= 0.3 is 0 Å². The summed E-state index contributed by atoms with van der Waals surface area (Å²) in [6.07, 6.45) is 0. The third-order valence-corrected chi connectivity index (χ3v) is 6.66. The summed E-state index contributed by atoms with van der Waals surface area (Å²) in [4.78, 5) is 0. The molecule has 0 bridgehead atoms. The number of furan rings is 1. The van der Waals surface area contributed by atoms with Crippen LogP contribution in [0.4, 0.5) is 0 Å². The van der Waals surface area contributed by atoms with Crippen molar-refractivity contribution in [3.63, 3.8) is 0 Å². The van der Waals surface area contributed by atoms with Crippen LogP contribution in [-0.2, 0) is 0 Å². The molecule has 1 heterocycles. The SMILES string of the molecule is c1ccc(-c2c3ccccc3c(-c3ccc4c(c3)oc3ccccc34)c3ccccc23)cc1. The van der Waals surface area contributed by atoms with Crippen molar-refractivity contribution in [3.05, 3.63) is 121 Å². The molecule has 0 aliphatic heterocycles. The highest BCUT2D eigenvalue weighted by Gasteiger charge is 2.17. The van der Waals surface area contributed by atoms with E-state index in [1.807, 2.05) is 12.1 Å². The maximum absolute atomic E-state index is 6.23. The molecule has 0 atom stereocenters. The lowest BCUT2D eigenvalue weighted by Crippen LogP contribution is -1.90. The lowest BCUT2D eigenvalue weighted by atomic mass is 9.86. The molecule has 0 fully saturated rings. The molecule has 0 spiro atoms. The highest BCUT2D eigenvalue weighted by atomic mass is 16.3. The molecule has 0 saturated carbocycles. The fourth-order valence-corrected chi connectivity index (χ4v) is 5.24. The molecule has 154 valence electrons. The predicted molar refractivity (Wildman–Crippen MR) is 140 cm³/mol. The second-order valence-corrected chi connectivity index (χ2v) is 8.52. The van der Waals surface area contributed by atoms with E-state index in [1.165, 1.54) is 43.8 Å². The zero-order chi connectivity index (χ0) is 21.8. The Morgan fingerprint density at radius 1 is 0.333 bits per heavy atom. The van der Waals surface area contributed by atoms with Gasteiger partial charge in [-0.1, -0.05) is 103 Å². The molecule has 1 heteroatoms. The summed E-state index contributed by atoms with van der Waals surface area (Å²) >= 11 is 0. The van der Waals surface area contributed by atoms with E-state index in [-0.39, 0.29) is 0 Å². The lowest BCUT2D eigenvalue weighted by molar-refractivity contribution is 0.669. The van der Waals surface area contributed by atoms with Crippen molar-refractivity contribution < 1.29 is 4.42 Å². The standard InChI is InChI=1S/C32H20O/c1-2-10-21(11-3-1)31-25-13-4-6-15-27(25)32(28-16-7-5-14-26(28)31)22-18-19-24-23-12-8-9-17-29(23)33-30(24)20-22/h1-20H. The molecule has 33 heavy (non-hydrogen) atoms. The van der Waals surface area contributed by atoms with E-state index in [0.29, 0.717) is 0 Å². The zero-order valence-electron chi connectivity index (χ0n) is 18.0. The fraction of sp³-hybridized carbons (Fsp3) is 0. The summed E-state index contributed by atoms with van der Waals surface area (Å²) in [5, 5.41) is 7.36. The molecule has 7 aromatic rings. The van der Waals surface area contributed by atoms with Crippen molar-refractivity contribution >= 4 is 43.5 Å². The van der Waals surface area contributed by atoms with Crippen LogP contribution in [0, 0.1) is 0 Å². The van der Waals surface area contributed by atoms with Crippen molar-refractivity contribution in [2.75, 3.05) is 0 Å². The molecular formula is C32H20O. The van der Waals surface area contributed by atoms with Gasteiger partial charge in [-0.25, -0.2) is 0 Å². The molecular weight excluding hydrogens is 400 g/mol. The molecule has 0 saturated heterocycles. The van der Waals surface area contributed by atoms with Crippen LogP contribution in [-0.4, -0.2) is 0 Å². The summed E-state index contributed by atoms with van der Waals surface area (Å²) < 4.78 is 6.23. The summed E-state index contributed by atoms with van der Waals surface area (Å²) in [7, 11) is 0. The molecule has 1 nitrogen and oxygen atoms in total. The maximum Gasteiger partial charge on any atom is 0.136 e. The average Bonchev–Trinajstić information content (AvgIpc) is 3.25. The van der Waals surface area contributed by atoms with Crippen LogP contribution in [0.15, 0.2) is 126 Å². The Balaban J connectivity index is 1.61. The van der Waals surface area contributed by atoms with Gasteiger partial charge in [0.2, 0.25) is 0 Å². The monoisotopic (exact) mass is 420 g/mol. The normalized spacial score (nSPS) is 11.6. The van der Waals surface area contributed by atoms with E-state index in [9.17, 15) is 0 Å². The fourth-order valence-electron chi connectivity index (χ4n) is 5.24. The van der Waals surface area contributed by atoms with Crippen LogP contribution in [0.25, 0.3) is 65.7 Å². The van der Waals surface area contributed by atoms with Crippen molar-refractivity contribution in [1.29, 1.82) is 0 Å². The van der Waals surface area contributed by atoms with Gasteiger partial charge in [-0.3, -0.25) is 0 Å². The molecule has 0 radical (unpaired) electrons. The van der Waals surface area contributed by atoms with Crippen LogP contribution in [0.3, 0.4) is 0 Å². The van der Waals surface area contributed by atoms with Crippen LogP contribution in [0.2, 0.25) is 0 Å². The van der Waals surface area contributed by atoms with E-state index in [4.69, 9.17) is 4.42 Å². The smallest absolute Gasteiger partial charge is 0.136 e. The van der Waals surface area contributed by atoms with Gasteiger partial charge < -0.3 is 4.42 Å². The number of fused-ring (bicyclic) bond motifs is 5. The first kappa shape index (κ1) is 18.2. The average molecular weight is 421 g/mol.